The summed E-state index contributed by atoms with van der Waals surface area (Å²) in [6.45, 7) is 2.32. The van der Waals surface area contributed by atoms with E-state index < -0.39 is 0 Å². The Labute approximate surface area is 135 Å². The molecule has 2 rings (SSSR count). The predicted octanol–water partition coefficient (Wildman–Crippen LogP) is 2.36. The van der Waals surface area contributed by atoms with Crippen LogP contribution >= 0.6 is 0 Å². The number of aliphatic hydroxyl groups is 1. The SMILES string of the molecule is Cc1ccc(C(=O)NCCCO)cc1NC(=O)c1ccccc1. The van der Waals surface area contributed by atoms with E-state index in [1.165, 1.54) is 0 Å². The minimum absolute atomic E-state index is 0.0343. The Morgan fingerprint density at radius 3 is 2.43 bits per heavy atom. The fourth-order valence-corrected chi connectivity index (χ4v) is 2.06. The first kappa shape index (κ1) is 16.7. The smallest absolute Gasteiger partial charge is 0.255 e. The molecule has 0 bridgehead atoms. The molecule has 23 heavy (non-hydrogen) atoms. The summed E-state index contributed by atoms with van der Waals surface area (Å²) in [5.74, 6) is -0.444. The highest BCUT2D eigenvalue weighted by Gasteiger charge is 2.11. The number of carbonyl (C=O) groups is 2. The minimum Gasteiger partial charge on any atom is -0.396 e. The van der Waals surface area contributed by atoms with Crippen molar-refractivity contribution in [2.75, 3.05) is 18.5 Å². The Hall–Kier alpha value is -2.66. The summed E-state index contributed by atoms with van der Waals surface area (Å²) in [4.78, 5) is 24.3. The molecule has 0 saturated carbocycles. The van der Waals surface area contributed by atoms with Crippen molar-refractivity contribution < 1.29 is 14.7 Å². The Morgan fingerprint density at radius 2 is 1.74 bits per heavy atom. The van der Waals surface area contributed by atoms with Crippen LogP contribution in [0.2, 0.25) is 0 Å². The van der Waals surface area contributed by atoms with E-state index in [9.17, 15) is 9.59 Å². The lowest BCUT2D eigenvalue weighted by atomic mass is 10.1. The molecule has 0 aliphatic rings. The first-order valence-electron chi connectivity index (χ1n) is 7.48. The van der Waals surface area contributed by atoms with E-state index in [-0.39, 0.29) is 18.4 Å². The van der Waals surface area contributed by atoms with Gasteiger partial charge in [0.05, 0.1) is 0 Å². The van der Waals surface area contributed by atoms with Gasteiger partial charge in [0, 0.05) is 30.0 Å². The summed E-state index contributed by atoms with van der Waals surface area (Å²) < 4.78 is 0. The van der Waals surface area contributed by atoms with Gasteiger partial charge < -0.3 is 15.7 Å². The molecule has 0 unspecified atom stereocenters. The molecule has 2 aromatic rings. The van der Waals surface area contributed by atoms with Crippen LogP contribution < -0.4 is 10.6 Å². The number of anilines is 1. The third-order valence-electron chi connectivity index (χ3n) is 3.40. The maximum Gasteiger partial charge on any atom is 0.255 e. The van der Waals surface area contributed by atoms with E-state index in [0.29, 0.717) is 29.8 Å². The molecule has 0 aromatic heterocycles. The molecule has 0 aliphatic carbocycles. The minimum atomic E-state index is -0.228. The van der Waals surface area contributed by atoms with Gasteiger partial charge in [-0.1, -0.05) is 24.3 Å². The molecule has 0 fully saturated rings. The van der Waals surface area contributed by atoms with Gasteiger partial charge in [0.1, 0.15) is 0 Å². The number of benzene rings is 2. The van der Waals surface area contributed by atoms with Crippen LogP contribution in [-0.2, 0) is 0 Å². The predicted molar refractivity (Wildman–Crippen MR) is 89.6 cm³/mol. The standard InChI is InChI=1S/C18H20N2O3/c1-13-8-9-15(17(22)19-10-5-11-21)12-16(13)20-18(23)14-6-3-2-4-7-14/h2-4,6-9,12,21H,5,10-11H2,1H3,(H,19,22)(H,20,23). The first-order chi connectivity index (χ1) is 11.1. The number of rotatable bonds is 6. The van der Waals surface area contributed by atoms with E-state index in [0.717, 1.165) is 5.56 Å². The van der Waals surface area contributed by atoms with E-state index in [1.54, 1.807) is 42.5 Å². The van der Waals surface area contributed by atoms with Gasteiger partial charge in [0.25, 0.3) is 11.8 Å². The third kappa shape index (κ3) is 4.66. The third-order valence-corrected chi connectivity index (χ3v) is 3.40. The Balaban J connectivity index is 2.11. The van der Waals surface area contributed by atoms with E-state index in [1.807, 2.05) is 13.0 Å². The highest BCUT2D eigenvalue weighted by Crippen LogP contribution is 2.18. The van der Waals surface area contributed by atoms with Crippen LogP contribution in [0.15, 0.2) is 48.5 Å². The van der Waals surface area contributed by atoms with Crippen LogP contribution in [-0.4, -0.2) is 30.1 Å². The molecule has 120 valence electrons. The Bertz CT molecular complexity index is 684. The van der Waals surface area contributed by atoms with Crippen molar-refractivity contribution >= 4 is 17.5 Å². The lowest BCUT2D eigenvalue weighted by molar-refractivity contribution is 0.0949. The van der Waals surface area contributed by atoms with Crippen molar-refractivity contribution in [2.24, 2.45) is 0 Å². The fraction of sp³-hybridized carbons (Fsp3) is 0.222. The summed E-state index contributed by atoms with van der Waals surface area (Å²) >= 11 is 0. The van der Waals surface area contributed by atoms with Crippen molar-refractivity contribution in [3.63, 3.8) is 0 Å². The Kier molecular flexibility index (Phi) is 5.88. The molecule has 0 spiro atoms. The van der Waals surface area contributed by atoms with Gasteiger partial charge in [0.15, 0.2) is 0 Å². The highest BCUT2D eigenvalue weighted by molar-refractivity contribution is 6.05. The number of carbonyl (C=O) groups excluding carboxylic acids is 2. The van der Waals surface area contributed by atoms with Gasteiger partial charge in [-0.3, -0.25) is 9.59 Å². The largest absolute Gasteiger partial charge is 0.396 e. The fourth-order valence-electron chi connectivity index (χ4n) is 2.06. The molecule has 0 aliphatic heterocycles. The maximum atomic E-state index is 12.2. The second-order valence-corrected chi connectivity index (χ2v) is 5.18. The van der Waals surface area contributed by atoms with Crippen LogP contribution in [0.25, 0.3) is 0 Å². The molecular weight excluding hydrogens is 292 g/mol. The summed E-state index contributed by atoms with van der Waals surface area (Å²) in [5, 5.41) is 14.3. The van der Waals surface area contributed by atoms with Gasteiger partial charge >= 0.3 is 0 Å². The van der Waals surface area contributed by atoms with E-state index in [2.05, 4.69) is 10.6 Å². The molecule has 0 saturated heterocycles. The van der Waals surface area contributed by atoms with Crippen molar-refractivity contribution in [2.45, 2.75) is 13.3 Å². The summed E-state index contributed by atoms with van der Waals surface area (Å²) in [6.07, 6.45) is 0.509. The van der Waals surface area contributed by atoms with Gasteiger partial charge in [-0.05, 0) is 43.2 Å². The zero-order chi connectivity index (χ0) is 16.7. The lowest BCUT2D eigenvalue weighted by Gasteiger charge is -2.11. The number of aryl methyl sites for hydroxylation is 1. The quantitative estimate of drug-likeness (QED) is 0.717. The molecule has 2 aromatic carbocycles. The monoisotopic (exact) mass is 312 g/mol. The second-order valence-electron chi connectivity index (χ2n) is 5.18. The van der Waals surface area contributed by atoms with Crippen LogP contribution in [0, 0.1) is 6.92 Å². The van der Waals surface area contributed by atoms with Crippen molar-refractivity contribution in [3.05, 3.63) is 65.2 Å². The number of amides is 2. The summed E-state index contributed by atoms with van der Waals surface area (Å²) in [7, 11) is 0. The molecule has 3 N–H and O–H groups in total. The Morgan fingerprint density at radius 1 is 1.00 bits per heavy atom. The topological polar surface area (TPSA) is 78.4 Å². The van der Waals surface area contributed by atoms with Gasteiger partial charge in [0.2, 0.25) is 0 Å². The number of hydrogen-bond donors (Lipinski definition) is 3. The van der Waals surface area contributed by atoms with Crippen molar-refractivity contribution in [1.82, 2.24) is 5.32 Å². The maximum absolute atomic E-state index is 12.2. The second kappa shape index (κ2) is 8.10. The summed E-state index contributed by atoms with van der Waals surface area (Å²) in [5.41, 5.74) is 2.51. The van der Waals surface area contributed by atoms with Gasteiger partial charge in [-0.2, -0.15) is 0 Å². The number of aliphatic hydroxyl groups excluding tert-OH is 1. The lowest BCUT2D eigenvalue weighted by Crippen LogP contribution is -2.25. The average Bonchev–Trinajstić information content (AvgIpc) is 2.57. The van der Waals surface area contributed by atoms with Gasteiger partial charge in [-0.25, -0.2) is 0 Å². The first-order valence-corrected chi connectivity index (χ1v) is 7.48. The number of nitrogens with one attached hydrogen (secondary N) is 2. The zero-order valence-corrected chi connectivity index (χ0v) is 13.0. The van der Waals surface area contributed by atoms with Crippen LogP contribution in [0.4, 0.5) is 5.69 Å². The van der Waals surface area contributed by atoms with Crippen molar-refractivity contribution in [1.29, 1.82) is 0 Å². The zero-order valence-electron chi connectivity index (χ0n) is 13.0. The molecule has 0 heterocycles. The van der Waals surface area contributed by atoms with Crippen LogP contribution in [0.1, 0.15) is 32.7 Å². The molecular formula is C18H20N2O3. The van der Waals surface area contributed by atoms with Crippen LogP contribution in [0.3, 0.4) is 0 Å². The van der Waals surface area contributed by atoms with E-state index in [4.69, 9.17) is 5.11 Å². The molecule has 5 heteroatoms. The van der Waals surface area contributed by atoms with Crippen LogP contribution in [0.5, 0.6) is 0 Å². The number of hydrogen-bond acceptors (Lipinski definition) is 3. The molecule has 0 atom stereocenters. The normalized spacial score (nSPS) is 10.2. The highest BCUT2D eigenvalue weighted by atomic mass is 16.3. The summed E-state index contributed by atoms with van der Waals surface area (Å²) in [6, 6.07) is 14.1. The molecule has 2 amide bonds. The average molecular weight is 312 g/mol. The van der Waals surface area contributed by atoms with Crippen molar-refractivity contribution in [3.8, 4) is 0 Å². The molecule has 5 nitrogen and oxygen atoms in total. The van der Waals surface area contributed by atoms with E-state index >= 15 is 0 Å². The molecule has 0 radical (unpaired) electrons. The van der Waals surface area contributed by atoms with Gasteiger partial charge in [-0.15, -0.1) is 0 Å².